The Balaban J connectivity index is 1.92. The highest BCUT2D eigenvalue weighted by atomic mass is 79.9. The molecule has 1 aromatic carbocycles. The SMILES string of the molecule is O=C(CSc1ncccc1Br)Cc1ccccc1F. The van der Waals surface area contributed by atoms with Crippen molar-refractivity contribution in [2.45, 2.75) is 11.4 Å². The Kier molecular flexibility index (Phi) is 5.10. The average Bonchev–Trinajstić information content (AvgIpc) is 2.40. The van der Waals surface area contributed by atoms with Gasteiger partial charge in [-0.15, -0.1) is 0 Å². The van der Waals surface area contributed by atoms with Crippen molar-refractivity contribution in [3.63, 3.8) is 0 Å². The molecule has 2 nitrogen and oxygen atoms in total. The number of rotatable bonds is 5. The van der Waals surface area contributed by atoms with Crippen molar-refractivity contribution in [3.05, 3.63) is 58.4 Å². The Bertz CT molecular complexity index is 591. The van der Waals surface area contributed by atoms with E-state index in [1.807, 2.05) is 12.1 Å². The lowest BCUT2D eigenvalue weighted by Crippen LogP contribution is -2.07. The van der Waals surface area contributed by atoms with Crippen LogP contribution in [0.15, 0.2) is 52.1 Å². The summed E-state index contributed by atoms with van der Waals surface area (Å²) < 4.78 is 14.3. The number of benzene rings is 1. The van der Waals surface area contributed by atoms with E-state index in [4.69, 9.17) is 0 Å². The number of carbonyl (C=O) groups is 1. The normalized spacial score (nSPS) is 10.4. The number of hydrogen-bond donors (Lipinski definition) is 0. The molecule has 0 N–H and O–H groups in total. The molecule has 0 aliphatic rings. The summed E-state index contributed by atoms with van der Waals surface area (Å²) in [6.45, 7) is 0. The van der Waals surface area contributed by atoms with Gasteiger partial charge < -0.3 is 0 Å². The maximum absolute atomic E-state index is 13.4. The number of Topliss-reactive ketones (excluding diaryl/α,β-unsaturated/α-hetero) is 1. The standard InChI is InChI=1S/C14H11BrFNOS/c15-12-5-3-7-17-14(12)19-9-11(18)8-10-4-1-2-6-13(10)16/h1-7H,8-9H2. The van der Waals surface area contributed by atoms with Crippen LogP contribution in [0.1, 0.15) is 5.56 Å². The molecular weight excluding hydrogens is 329 g/mol. The first kappa shape index (κ1) is 14.2. The third kappa shape index (κ3) is 4.14. The minimum absolute atomic E-state index is 0.0207. The summed E-state index contributed by atoms with van der Waals surface area (Å²) in [5, 5.41) is 0.768. The van der Waals surface area contributed by atoms with Gasteiger partial charge in [-0.3, -0.25) is 4.79 Å². The van der Waals surface area contributed by atoms with Gasteiger partial charge in [-0.1, -0.05) is 30.0 Å². The second-order valence-electron chi connectivity index (χ2n) is 3.89. The van der Waals surface area contributed by atoms with Crippen molar-refractivity contribution in [1.29, 1.82) is 0 Å². The van der Waals surface area contributed by atoms with Crippen molar-refractivity contribution in [3.8, 4) is 0 Å². The summed E-state index contributed by atoms with van der Waals surface area (Å²) in [5.41, 5.74) is 0.438. The van der Waals surface area contributed by atoms with Gasteiger partial charge in [-0.05, 0) is 39.7 Å². The van der Waals surface area contributed by atoms with Crippen molar-refractivity contribution in [1.82, 2.24) is 4.98 Å². The van der Waals surface area contributed by atoms with Crippen LogP contribution in [0.4, 0.5) is 4.39 Å². The summed E-state index contributed by atoms with van der Waals surface area (Å²) >= 11 is 4.72. The number of thioether (sulfide) groups is 1. The Morgan fingerprint density at radius 2 is 2.05 bits per heavy atom. The Morgan fingerprint density at radius 1 is 1.26 bits per heavy atom. The molecule has 5 heteroatoms. The van der Waals surface area contributed by atoms with Gasteiger partial charge in [-0.25, -0.2) is 9.37 Å². The van der Waals surface area contributed by atoms with Crippen molar-refractivity contribution in [2.24, 2.45) is 0 Å². The zero-order valence-corrected chi connectivity index (χ0v) is 12.4. The molecule has 0 spiro atoms. The first-order chi connectivity index (χ1) is 9.16. The van der Waals surface area contributed by atoms with Gasteiger partial charge in [0.1, 0.15) is 16.6 Å². The maximum Gasteiger partial charge on any atom is 0.147 e. The average molecular weight is 340 g/mol. The van der Waals surface area contributed by atoms with Crippen molar-refractivity contribution >= 4 is 33.5 Å². The molecule has 0 aliphatic heterocycles. The molecule has 0 unspecified atom stereocenters. The molecule has 1 heterocycles. The molecule has 0 radical (unpaired) electrons. The van der Waals surface area contributed by atoms with Crippen LogP contribution in [0.2, 0.25) is 0 Å². The van der Waals surface area contributed by atoms with E-state index in [1.54, 1.807) is 24.4 Å². The van der Waals surface area contributed by atoms with Crippen molar-refractivity contribution < 1.29 is 9.18 Å². The predicted molar refractivity (Wildman–Crippen MR) is 77.8 cm³/mol. The van der Waals surface area contributed by atoms with E-state index in [2.05, 4.69) is 20.9 Å². The fraction of sp³-hybridized carbons (Fsp3) is 0.143. The number of ketones is 1. The molecule has 0 fully saturated rings. The predicted octanol–water partition coefficient (Wildman–Crippen LogP) is 3.89. The van der Waals surface area contributed by atoms with Gasteiger partial charge in [0, 0.05) is 17.1 Å². The van der Waals surface area contributed by atoms with E-state index in [0.717, 1.165) is 9.50 Å². The number of nitrogens with zero attached hydrogens (tertiary/aromatic N) is 1. The van der Waals surface area contributed by atoms with Crippen molar-refractivity contribution in [2.75, 3.05) is 5.75 Å². The van der Waals surface area contributed by atoms with Crippen LogP contribution in [0.3, 0.4) is 0 Å². The summed E-state index contributed by atoms with van der Waals surface area (Å²) in [4.78, 5) is 16.0. The van der Waals surface area contributed by atoms with Gasteiger partial charge in [-0.2, -0.15) is 0 Å². The molecule has 1 aromatic heterocycles. The highest BCUT2D eigenvalue weighted by Crippen LogP contribution is 2.24. The highest BCUT2D eigenvalue weighted by Gasteiger charge is 2.09. The summed E-state index contributed by atoms with van der Waals surface area (Å²) in [7, 11) is 0. The zero-order chi connectivity index (χ0) is 13.7. The quantitative estimate of drug-likeness (QED) is 0.774. The van der Waals surface area contributed by atoms with E-state index in [-0.39, 0.29) is 23.8 Å². The highest BCUT2D eigenvalue weighted by molar-refractivity contribution is 9.10. The second-order valence-corrected chi connectivity index (χ2v) is 5.70. The Labute approximate surface area is 123 Å². The van der Waals surface area contributed by atoms with Crippen LogP contribution in [0, 0.1) is 5.82 Å². The van der Waals surface area contributed by atoms with Crippen LogP contribution in [0.5, 0.6) is 0 Å². The number of halogens is 2. The van der Waals surface area contributed by atoms with E-state index in [1.165, 1.54) is 17.8 Å². The molecule has 0 atom stereocenters. The minimum atomic E-state index is -0.333. The smallest absolute Gasteiger partial charge is 0.147 e. The number of hydrogen-bond acceptors (Lipinski definition) is 3. The minimum Gasteiger partial charge on any atom is -0.298 e. The van der Waals surface area contributed by atoms with Crippen LogP contribution < -0.4 is 0 Å². The molecule has 0 bridgehead atoms. The van der Waals surface area contributed by atoms with E-state index in [9.17, 15) is 9.18 Å². The summed E-state index contributed by atoms with van der Waals surface area (Å²) in [6.07, 6.45) is 1.79. The van der Waals surface area contributed by atoms with Crippen LogP contribution in [-0.4, -0.2) is 16.5 Å². The molecule has 2 rings (SSSR count). The van der Waals surface area contributed by atoms with Gasteiger partial charge in [0.25, 0.3) is 0 Å². The van der Waals surface area contributed by atoms with E-state index < -0.39 is 0 Å². The molecule has 2 aromatic rings. The van der Waals surface area contributed by atoms with E-state index >= 15 is 0 Å². The topological polar surface area (TPSA) is 30.0 Å². The zero-order valence-electron chi connectivity index (χ0n) is 9.98. The van der Waals surface area contributed by atoms with E-state index in [0.29, 0.717) is 5.56 Å². The summed E-state index contributed by atoms with van der Waals surface area (Å²) in [5.74, 6) is -0.0725. The number of carbonyl (C=O) groups excluding carboxylic acids is 1. The largest absolute Gasteiger partial charge is 0.298 e. The first-order valence-electron chi connectivity index (χ1n) is 5.65. The Morgan fingerprint density at radius 3 is 2.79 bits per heavy atom. The molecule has 19 heavy (non-hydrogen) atoms. The summed E-state index contributed by atoms with van der Waals surface area (Å²) in [6, 6.07) is 10.0. The molecule has 0 aliphatic carbocycles. The maximum atomic E-state index is 13.4. The van der Waals surface area contributed by atoms with Crippen LogP contribution in [0.25, 0.3) is 0 Å². The van der Waals surface area contributed by atoms with Gasteiger partial charge >= 0.3 is 0 Å². The fourth-order valence-corrected chi connectivity index (χ4v) is 2.87. The number of pyridine rings is 1. The Hall–Kier alpha value is -1.20. The van der Waals surface area contributed by atoms with Gasteiger partial charge in [0.05, 0.1) is 5.75 Å². The van der Waals surface area contributed by atoms with Gasteiger partial charge in [0.15, 0.2) is 0 Å². The monoisotopic (exact) mass is 339 g/mol. The molecule has 0 amide bonds. The number of aromatic nitrogens is 1. The fourth-order valence-electron chi connectivity index (χ4n) is 1.53. The first-order valence-corrected chi connectivity index (χ1v) is 7.43. The van der Waals surface area contributed by atoms with Gasteiger partial charge in [0.2, 0.25) is 0 Å². The molecule has 0 saturated carbocycles. The third-order valence-corrected chi connectivity index (χ3v) is 4.41. The van der Waals surface area contributed by atoms with Crippen LogP contribution >= 0.6 is 27.7 Å². The van der Waals surface area contributed by atoms with Crippen LogP contribution in [-0.2, 0) is 11.2 Å². The third-order valence-electron chi connectivity index (χ3n) is 2.44. The lowest BCUT2D eigenvalue weighted by molar-refractivity contribution is -0.116. The second kappa shape index (κ2) is 6.82. The lowest BCUT2D eigenvalue weighted by Gasteiger charge is -2.04. The lowest BCUT2D eigenvalue weighted by atomic mass is 10.1. The molecular formula is C14H11BrFNOS. The molecule has 98 valence electrons. The molecule has 0 saturated heterocycles.